The molecule has 0 bridgehead atoms. The van der Waals surface area contributed by atoms with Crippen LogP contribution >= 0.6 is 0 Å². The van der Waals surface area contributed by atoms with Crippen molar-refractivity contribution in [3.05, 3.63) is 95.6 Å². The second kappa shape index (κ2) is 11.0. The molecular weight excluding hydrogens is 412 g/mol. The van der Waals surface area contributed by atoms with Crippen molar-refractivity contribution in [3.8, 4) is 11.5 Å². The highest BCUT2D eigenvalue weighted by Gasteiger charge is 2.32. The van der Waals surface area contributed by atoms with Crippen molar-refractivity contribution in [2.24, 2.45) is 5.92 Å². The maximum atomic E-state index is 13.2. The number of hydrogen-bond donors (Lipinski definition) is 1. The van der Waals surface area contributed by atoms with Gasteiger partial charge in [0.2, 0.25) is 5.91 Å². The maximum absolute atomic E-state index is 13.2. The van der Waals surface area contributed by atoms with Crippen molar-refractivity contribution in [2.75, 3.05) is 27.3 Å². The summed E-state index contributed by atoms with van der Waals surface area (Å²) in [6, 6.07) is 26.5. The quantitative estimate of drug-likeness (QED) is 0.551. The first-order chi connectivity index (χ1) is 16.1. The lowest BCUT2D eigenvalue weighted by Crippen LogP contribution is -2.45. The van der Waals surface area contributed by atoms with Gasteiger partial charge < -0.3 is 14.8 Å². The van der Waals surface area contributed by atoms with E-state index >= 15 is 0 Å². The van der Waals surface area contributed by atoms with Gasteiger partial charge in [0.1, 0.15) is 11.5 Å². The summed E-state index contributed by atoms with van der Waals surface area (Å²) >= 11 is 0. The van der Waals surface area contributed by atoms with E-state index in [4.69, 9.17) is 9.47 Å². The second-order valence-electron chi connectivity index (χ2n) is 8.66. The van der Waals surface area contributed by atoms with Gasteiger partial charge in [0, 0.05) is 32.2 Å². The second-order valence-corrected chi connectivity index (χ2v) is 8.66. The van der Waals surface area contributed by atoms with Crippen LogP contribution in [0.1, 0.15) is 29.0 Å². The third kappa shape index (κ3) is 6.14. The van der Waals surface area contributed by atoms with Crippen LogP contribution in [-0.2, 0) is 17.9 Å². The number of methoxy groups -OCH3 is 2. The molecule has 1 N–H and O–H groups in total. The van der Waals surface area contributed by atoms with Crippen molar-refractivity contribution in [2.45, 2.75) is 25.4 Å². The molecule has 1 heterocycles. The molecule has 0 aromatic heterocycles. The summed E-state index contributed by atoms with van der Waals surface area (Å²) in [4.78, 5) is 15.5. The Kier molecular flexibility index (Phi) is 7.63. The van der Waals surface area contributed by atoms with Crippen LogP contribution in [0.2, 0.25) is 0 Å². The lowest BCUT2D eigenvalue weighted by molar-refractivity contribution is -0.127. The SMILES string of the molecule is COc1cc(CN2CC(C(=O)NCc3ccccc3)CC(c3ccccc3)C2)cc(OC)c1. The molecule has 0 radical (unpaired) electrons. The first-order valence-corrected chi connectivity index (χ1v) is 11.5. The van der Waals surface area contributed by atoms with Crippen molar-refractivity contribution < 1.29 is 14.3 Å². The minimum atomic E-state index is -0.0693. The van der Waals surface area contributed by atoms with E-state index in [1.165, 1.54) is 5.56 Å². The van der Waals surface area contributed by atoms with Crippen LogP contribution in [0, 0.1) is 5.92 Å². The van der Waals surface area contributed by atoms with Crippen LogP contribution < -0.4 is 14.8 Å². The van der Waals surface area contributed by atoms with E-state index < -0.39 is 0 Å². The molecule has 3 aromatic rings. The van der Waals surface area contributed by atoms with Gasteiger partial charge in [-0.3, -0.25) is 9.69 Å². The monoisotopic (exact) mass is 444 g/mol. The first-order valence-electron chi connectivity index (χ1n) is 11.5. The molecule has 2 atom stereocenters. The highest BCUT2D eigenvalue weighted by molar-refractivity contribution is 5.79. The molecule has 33 heavy (non-hydrogen) atoms. The minimum Gasteiger partial charge on any atom is -0.497 e. The zero-order valence-corrected chi connectivity index (χ0v) is 19.4. The molecule has 1 fully saturated rings. The number of carbonyl (C=O) groups is 1. The number of likely N-dealkylation sites (tertiary alicyclic amines) is 1. The Hall–Kier alpha value is -3.31. The van der Waals surface area contributed by atoms with Gasteiger partial charge in [-0.25, -0.2) is 0 Å². The van der Waals surface area contributed by atoms with E-state index in [1.54, 1.807) is 14.2 Å². The van der Waals surface area contributed by atoms with Crippen LogP contribution in [0.25, 0.3) is 0 Å². The van der Waals surface area contributed by atoms with Crippen LogP contribution in [0.15, 0.2) is 78.9 Å². The van der Waals surface area contributed by atoms with Gasteiger partial charge in [-0.2, -0.15) is 0 Å². The molecule has 1 saturated heterocycles. The van der Waals surface area contributed by atoms with Crippen LogP contribution in [0.4, 0.5) is 0 Å². The number of nitrogens with one attached hydrogen (secondary N) is 1. The summed E-state index contributed by atoms with van der Waals surface area (Å²) in [5.74, 6) is 1.91. The number of carbonyl (C=O) groups excluding carboxylic acids is 1. The Morgan fingerprint density at radius 1 is 0.879 bits per heavy atom. The van der Waals surface area contributed by atoms with Crippen molar-refractivity contribution in [3.63, 3.8) is 0 Å². The zero-order valence-electron chi connectivity index (χ0n) is 19.4. The van der Waals surface area contributed by atoms with Gasteiger partial charge >= 0.3 is 0 Å². The van der Waals surface area contributed by atoms with Gasteiger partial charge in [-0.1, -0.05) is 60.7 Å². The number of hydrogen-bond acceptors (Lipinski definition) is 4. The Labute approximate surface area is 196 Å². The number of nitrogens with zero attached hydrogens (tertiary/aromatic N) is 1. The zero-order chi connectivity index (χ0) is 23.0. The Morgan fingerprint density at radius 3 is 2.15 bits per heavy atom. The molecule has 5 heteroatoms. The number of ether oxygens (including phenoxy) is 2. The molecule has 2 unspecified atom stereocenters. The molecule has 0 saturated carbocycles. The molecule has 1 amide bonds. The van der Waals surface area contributed by atoms with Crippen LogP contribution in [-0.4, -0.2) is 38.1 Å². The van der Waals surface area contributed by atoms with E-state index in [9.17, 15) is 4.79 Å². The van der Waals surface area contributed by atoms with Crippen LogP contribution in [0.5, 0.6) is 11.5 Å². The first kappa shape index (κ1) is 22.9. The number of piperidine rings is 1. The van der Waals surface area contributed by atoms with E-state index in [2.05, 4.69) is 34.5 Å². The summed E-state index contributed by atoms with van der Waals surface area (Å²) in [6.07, 6.45) is 0.850. The van der Waals surface area contributed by atoms with E-state index in [1.807, 2.05) is 54.6 Å². The topological polar surface area (TPSA) is 50.8 Å². The van der Waals surface area contributed by atoms with Crippen molar-refractivity contribution in [1.29, 1.82) is 0 Å². The predicted octanol–water partition coefficient (Wildman–Crippen LogP) is 4.63. The Balaban J connectivity index is 1.50. The molecule has 3 aromatic carbocycles. The number of rotatable bonds is 8. The third-order valence-electron chi connectivity index (χ3n) is 6.29. The third-order valence-corrected chi connectivity index (χ3v) is 6.29. The molecule has 0 aliphatic carbocycles. The summed E-state index contributed by atoms with van der Waals surface area (Å²) in [6.45, 7) is 2.92. The molecular formula is C28H32N2O3. The van der Waals surface area contributed by atoms with Gasteiger partial charge in [0.25, 0.3) is 0 Å². The van der Waals surface area contributed by atoms with Crippen molar-refractivity contribution in [1.82, 2.24) is 10.2 Å². The molecule has 0 spiro atoms. The summed E-state index contributed by atoms with van der Waals surface area (Å²) < 4.78 is 10.9. The van der Waals surface area contributed by atoms with Crippen molar-refractivity contribution >= 4 is 5.91 Å². The van der Waals surface area contributed by atoms with Crippen LogP contribution in [0.3, 0.4) is 0 Å². The fourth-order valence-electron chi connectivity index (χ4n) is 4.62. The highest BCUT2D eigenvalue weighted by Crippen LogP contribution is 2.32. The Bertz CT molecular complexity index is 1020. The molecule has 1 aliphatic heterocycles. The summed E-state index contributed by atoms with van der Waals surface area (Å²) in [7, 11) is 3.33. The molecule has 4 rings (SSSR count). The summed E-state index contributed by atoms with van der Waals surface area (Å²) in [5.41, 5.74) is 3.51. The smallest absolute Gasteiger partial charge is 0.224 e. The maximum Gasteiger partial charge on any atom is 0.224 e. The predicted molar refractivity (Wildman–Crippen MR) is 130 cm³/mol. The van der Waals surface area contributed by atoms with E-state index in [-0.39, 0.29) is 11.8 Å². The molecule has 172 valence electrons. The van der Waals surface area contributed by atoms with E-state index in [0.717, 1.165) is 48.7 Å². The lowest BCUT2D eigenvalue weighted by Gasteiger charge is -2.37. The fourth-order valence-corrected chi connectivity index (χ4v) is 4.62. The standard InChI is InChI=1S/C28H32N2O3/c1-32-26-13-22(14-27(16-26)33-2)18-30-19-24(23-11-7-4-8-12-23)15-25(20-30)28(31)29-17-21-9-5-3-6-10-21/h3-14,16,24-25H,15,17-20H2,1-2H3,(H,29,31). The molecule has 5 nitrogen and oxygen atoms in total. The van der Waals surface area contributed by atoms with Gasteiger partial charge in [-0.05, 0) is 41.2 Å². The summed E-state index contributed by atoms with van der Waals surface area (Å²) in [5, 5.41) is 3.16. The highest BCUT2D eigenvalue weighted by atomic mass is 16.5. The largest absolute Gasteiger partial charge is 0.497 e. The lowest BCUT2D eigenvalue weighted by atomic mass is 9.84. The number of benzene rings is 3. The average Bonchev–Trinajstić information content (AvgIpc) is 2.88. The van der Waals surface area contributed by atoms with Gasteiger partial charge in [-0.15, -0.1) is 0 Å². The average molecular weight is 445 g/mol. The van der Waals surface area contributed by atoms with Gasteiger partial charge in [0.05, 0.1) is 20.1 Å². The Morgan fingerprint density at radius 2 is 1.52 bits per heavy atom. The minimum absolute atomic E-state index is 0.0693. The number of amides is 1. The van der Waals surface area contributed by atoms with Gasteiger partial charge in [0.15, 0.2) is 0 Å². The molecule has 1 aliphatic rings. The normalized spacial score (nSPS) is 18.5. The van der Waals surface area contributed by atoms with E-state index in [0.29, 0.717) is 12.5 Å². The fraction of sp³-hybridized carbons (Fsp3) is 0.321.